The van der Waals surface area contributed by atoms with Crippen molar-refractivity contribution in [2.75, 3.05) is 11.9 Å². The number of rotatable bonds is 6. The standard InChI is InChI=1S/C21H21N3O4/c1-14-3-9-18(15(2)11-14)23-21(27)24-19(25)13-28-20(26)10-8-16-4-6-17(12-22)7-5-16/h3-7,9,11H,8,10,13H2,1-2H3,(H2,23,24,25,27). The highest BCUT2D eigenvalue weighted by molar-refractivity contribution is 6.02. The third-order valence-corrected chi connectivity index (χ3v) is 3.95. The smallest absolute Gasteiger partial charge is 0.325 e. The maximum absolute atomic E-state index is 11.9. The van der Waals surface area contributed by atoms with Crippen molar-refractivity contribution in [1.82, 2.24) is 5.32 Å². The Morgan fingerprint density at radius 1 is 1.07 bits per heavy atom. The molecule has 28 heavy (non-hydrogen) atoms. The average Bonchev–Trinajstić information content (AvgIpc) is 2.67. The van der Waals surface area contributed by atoms with Crippen LogP contribution in [0.2, 0.25) is 0 Å². The van der Waals surface area contributed by atoms with Crippen LogP contribution in [0.3, 0.4) is 0 Å². The molecule has 0 heterocycles. The van der Waals surface area contributed by atoms with Crippen molar-refractivity contribution in [1.29, 1.82) is 5.26 Å². The van der Waals surface area contributed by atoms with Gasteiger partial charge in [0.1, 0.15) is 0 Å². The van der Waals surface area contributed by atoms with Crippen molar-refractivity contribution in [2.45, 2.75) is 26.7 Å². The summed E-state index contributed by atoms with van der Waals surface area (Å²) in [6, 6.07) is 13.7. The highest BCUT2D eigenvalue weighted by Crippen LogP contribution is 2.15. The van der Waals surface area contributed by atoms with Crippen LogP contribution in [0.4, 0.5) is 10.5 Å². The fourth-order valence-electron chi connectivity index (χ4n) is 2.48. The lowest BCUT2D eigenvalue weighted by atomic mass is 10.1. The fraction of sp³-hybridized carbons (Fsp3) is 0.238. The largest absolute Gasteiger partial charge is 0.456 e. The predicted octanol–water partition coefficient (Wildman–Crippen LogP) is 3.00. The quantitative estimate of drug-likeness (QED) is 0.750. The van der Waals surface area contributed by atoms with Crippen LogP contribution in [0.1, 0.15) is 28.7 Å². The van der Waals surface area contributed by atoms with E-state index < -0.39 is 24.5 Å². The number of hydrogen-bond acceptors (Lipinski definition) is 5. The second-order valence-electron chi connectivity index (χ2n) is 6.29. The van der Waals surface area contributed by atoms with Gasteiger partial charge in [-0.2, -0.15) is 5.26 Å². The van der Waals surface area contributed by atoms with Crippen molar-refractivity contribution in [3.05, 3.63) is 64.7 Å². The molecule has 0 aromatic heterocycles. The molecule has 2 aromatic rings. The number of benzene rings is 2. The van der Waals surface area contributed by atoms with Gasteiger partial charge in [-0.1, -0.05) is 29.8 Å². The third kappa shape index (κ3) is 6.57. The summed E-state index contributed by atoms with van der Waals surface area (Å²) < 4.78 is 4.88. The van der Waals surface area contributed by atoms with Crippen LogP contribution in [-0.2, 0) is 20.7 Å². The average molecular weight is 379 g/mol. The molecule has 2 rings (SSSR count). The zero-order valence-corrected chi connectivity index (χ0v) is 15.7. The van der Waals surface area contributed by atoms with Crippen LogP contribution in [-0.4, -0.2) is 24.5 Å². The Hall–Kier alpha value is -3.66. The van der Waals surface area contributed by atoms with Crippen molar-refractivity contribution in [2.24, 2.45) is 0 Å². The molecule has 3 amide bonds. The number of amides is 3. The minimum Gasteiger partial charge on any atom is -0.456 e. The molecule has 0 radical (unpaired) electrons. The Morgan fingerprint density at radius 2 is 1.79 bits per heavy atom. The fourth-order valence-corrected chi connectivity index (χ4v) is 2.48. The van der Waals surface area contributed by atoms with E-state index in [2.05, 4.69) is 10.6 Å². The number of anilines is 1. The molecule has 0 saturated heterocycles. The summed E-state index contributed by atoms with van der Waals surface area (Å²) in [5.41, 5.74) is 3.95. The molecule has 2 N–H and O–H groups in total. The van der Waals surface area contributed by atoms with E-state index in [0.717, 1.165) is 16.7 Å². The second-order valence-corrected chi connectivity index (χ2v) is 6.29. The van der Waals surface area contributed by atoms with E-state index in [1.807, 2.05) is 32.0 Å². The molecule has 0 bridgehead atoms. The molecule has 144 valence electrons. The van der Waals surface area contributed by atoms with Crippen LogP contribution in [0.15, 0.2) is 42.5 Å². The Bertz CT molecular complexity index is 914. The van der Waals surface area contributed by atoms with E-state index in [0.29, 0.717) is 17.7 Å². The van der Waals surface area contributed by atoms with Gasteiger partial charge in [0, 0.05) is 12.1 Å². The normalized spacial score (nSPS) is 9.89. The number of carbonyl (C=O) groups is 3. The molecule has 0 unspecified atom stereocenters. The lowest BCUT2D eigenvalue weighted by Crippen LogP contribution is -2.37. The van der Waals surface area contributed by atoms with Crippen molar-refractivity contribution < 1.29 is 19.1 Å². The number of esters is 1. The van der Waals surface area contributed by atoms with E-state index in [4.69, 9.17) is 10.00 Å². The third-order valence-electron chi connectivity index (χ3n) is 3.95. The van der Waals surface area contributed by atoms with Crippen LogP contribution in [0, 0.1) is 25.2 Å². The topological polar surface area (TPSA) is 108 Å². The molecule has 0 aliphatic carbocycles. The highest BCUT2D eigenvalue weighted by Gasteiger charge is 2.12. The first-order valence-corrected chi connectivity index (χ1v) is 8.70. The number of urea groups is 1. The summed E-state index contributed by atoms with van der Waals surface area (Å²) in [6.45, 7) is 3.25. The molecular formula is C21H21N3O4. The van der Waals surface area contributed by atoms with E-state index in [1.165, 1.54) is 0 Å². The van der Waals surface area contributed by atoms with Crippen LogP contribution in [0.25, 0.3) is 0 Å². The molecule has 2 aromatic carbocycles. The number of aryl methyl sites for hydroxylation is 3. The molecule has 0 aliphatic heterocycles. The molecule has 0 fully saturated rings. The summed E-state index contributed by atoms with van der Waals surface area (Å²) in [5, 5.41) is 13.4. The lowest BCUT2D eigenvalue weighted by molar-refractivity contribution is -0.148. The molecule has 0 atom stereocenters. The van der Waals surface area contributed by atoms with Gasteiger partial charge in [-0.3, -0.25) is 14.9 Å². The van der Waals surface area contributed by atoms with Gasteiger partial charge < -0.3 is 10.1 Å². The molecule has 7 nitrogen and oxygen atoms in total. The Morgan fingerprint density at radius 3 is 2.43 bits per heavy atom. The van der Waals surface area contributed by atoms with Crippen molar-refractivity contribution >= 4 is 23.6 Å². The number of nitrogens with one attached hydrogen (secondary N) is 2. The van der Waals surface area contributed by atoms with Crippen LogP contribution >= 0.6 is 0 Å². The van der Waals surface area contributed by atoms with E-state index in [-0.39, 0.29) is 6.42 Å². The van der Waals surface area contributed by atoms with Gasteiger partial charge in [0.05, 0.1) is 11.6 Å². The van der Waals surface area contributed by atoms with E-state index in [1.54, 1.807) is 30.3 Å². The van der Waals surface area contributed by atoms with Crippen LogP contribution < -0.4 is 10.6 Å². The SMILES string of the molecule is Cc1ccc(NC(=O)NC(=O)COC(=O)CCc2ccc(C#N)cc2)c(C)c1. The molecule has 0 aliphatic rings. The van der Waals surface area contributed by atoms with Gasteiger partial charge in [0.15, 0.2) is 6.61 Å². The Balaban J connectivity index is 1.71. The number of imide groups is 1. The second kappa shape index (κ2) is 9.88. The Kier molecular flexibility index (Phi) is 7.28. The summed E-state index contributed by atoms with van der Waals surface area (Å²) in [4.78, 5) is 35.4. The van der Waals surface area contributed by atoms with Gasteiger partial charge in [-0.15, -0.1) is 0 Å². The van der Waals surface area contributed by atoms with E-state index >= 15 is 0 Å². The van der Waals surface area contributed by atoms with Gasteiger partial charge in [0.25, 0.3) is 5.91 Å². The summed E-state index contributed by atoms with van der Waals surface area (Å²) in [5.74, 6) is -1.26. The predicted molar refractivity (Wildman–Crippen MR) is 104 cm³/mol. The Labute approximate surface area is 163 Å². The van der Waals surface area contributed by atoms with Gasteiger partial charge >= 0.3 is 12.0 Å². The number of carbonyl (C=O) groups excluding carboxylic acids is 3. The first-order valence-electron chi connectivity index (χ1n) is 8.70. The van der Waals surface area contributed by atoms with Crippen molar-refractivity contribution in [3.8, 4) is 6.07 Å². The summed E-state index contributed by atoms with van der Waals surface area (Å²) in [7, 11) is 0. The minimum absolute atomic E-state index is 0.0912. The van der Waals surface area contributed by atoms with Gasteiger partial charge in [-0.05, 0) is 49.6 Å². The maximum Gasteiger partial charge on any atom is 0.325 e. The molecular weight excluding hydrogens is 358 g/mol. The number of nitriles is 1. The lowest BCUT2D eigenvalue weighted by Gasteiger charge is -2.10. The van der Waals surface area contributed by atoms with Crippen LogP contribution in [0.5, 0.6) is 0 Å². The molecule has 7 heteroatoms. The monoisotopic (exact) mass is 379 g/mol. The minimum atomic E-state index is -0.714. The summed E-state index contributed by atoms with van der Waals surface area (Å²) >= 11 is 0. The number of ether oxygens (including phenoxy) is 1. The first-order chi connectivity index (χ1) is 13.4. The number of nitrogens with zero attached hydrogens (tertiary/aromatic N) is 1. The maximum atomic E-state index is 11.9. The summed E-state index contributed by atoms with van der Waals surface area (Å²) in [6.07, 6.45) is 0.521. The highest BCUT2D eigenvalue weighted by atomic mass is 16.5. The number of hydrogen-bond donors (Lipinski definition) is 2. The molecule has 0 saturated carbocycles. The molecule has 0 spiro atoms. The van der Waals surface area contributed by atoms with Gasteiger partial charge in [-0.25, -0.2) is 4.79 Å². The van der Waals surface area contributed by atoms with Crippen molar-refractivity contribution in [3.63, 3.8) is 0 Å². The zero-order valence-electron chi connectivity index (χ0n) is 15.7. The zero-order chi connectivity index (χ0) is 20.5. The van der Waals surface area contributed by atoms with E-state index in [9.17, 15) is 14.4 Å². The first kappa shape index (κ1) is 20.6. The van der Waals surface area contributed by atoms with Gasteiger partial charge in [0.2, 0.25) is 0 Å².